The van der Waals surface area contributed by atoms with Crippen LogP contribution in [0, 0.1) is 15.3 Å². The first-order valence-corrected chi connectivity index (χ1v) is 8.94. The molecule has 0 fully saturated rings. The highest BCUT2D eigenvalue weighted by molar-refractivity contribution is 14.1. The number of hydrogen-bond donors (Lipinski definition) is 1. The van der Waals surface area contributed by atoms with Crippen molar-refractivity contribution in [1.82, 2.24) is 15.5 Å². The molecule has 0 aliphatic heterocycles. The van der Waals surface area contributed by atoms with E-state index >= 15 is 0 Å². The fourth-order valence-corrected chi connectivity index (χ4v) is 3.72. The summed E-state index contributed by atoms with van der Waals surface area (Å²) >= 11 is 3.73. The highest BCUT2D eigenvalue weighted by atomic mass is 127. The number of halogens is 2. The molecule has 0 aliphatic rings. The van der Waals surface area contributed by atoms with Crippen LogP contribution in [0.4, 0.5) is 4.39 Å². The van der Waals surface area contributed by atoms with Crippen LogP contribution in [0.25, 0.3) is 10.6 Å². The van der Waals surface area contributed by atoms with Crippen LogP contribution in [0.2, 0.25) is 0 Å². The largest absolute Gasteiger partial charge is 0.316 e. The molecule has 0 unspecified atom stereocenters. The maximum absolute atomic E-state index is 13.1. The van der Waals surface area contributed by atoms with Gasteiger partial charge in [0.1, 0.15) is 15.8 Å². The molecule has 0 radical (unpaired) electrons. The van der Waals surface area contributed by atoms with Gasteiger partial charge in [-0.15, -0.1) is 10.2 Å². The number of benzene rings is 1. The average molecular weight is 419 g/mol. The quantitative estimate of drug-likeness (QED) is 0.542. The van der Waals surface area contributed by atoms with Crippen molar-refractivity contribution in [3.05, 3.63) is 32.6 Å². The van der Waals surface area contributed by atoms with E-state index in [-0.39, 0.29) is 5.82 Å². The van der Waals surface area contributed by atoms with Crippen molar-refractivity contribution in [1.29, 1.82) is 0 Å². The summed E-state index contributed by atoms with van der Waals surface area (Å²) in [5, 5.41) is 13.8. The van der Waals surface area contributed by atoms with Gasteiger partial charge in [-0.2, -0.15) is 0 Å². The Hall–Kier alpha value is -0.600. The Kier molecular flexibility index (Phi) is 6.50. The molecule has 0 saturated heterocycles. The predicted molar refractivity (Wildman–Crippen MR) is 94.0 cm³/mol. The number of aryl methyl sites for hydroxylation is 1. The molecule has 3 nitrogen and oxygen atoms in total. The van der Waals surface area contributed by atoms with E-state index in [1.807, 2.05) is 0 Å². The lowest BCUT2D eigenvalue weighted by Crippen LogP contribution is -2.21. The topological polar surface area (TPSA) is 37.8 Å². The Morgan fingerprint density at radius 3 is 2.86 bits per heavy atom. The van der Waals surface area contributed by atoms with Crippen LogP contribution in [0.5, 0.6) is 0 Å². The molecule has 1 heterocycles. The fraction of sp³-hybridized carbons (Fsp3) is 0.467. The van der Waals surface area contributed by atoms with Gasteiger partial charge < -0.3 is 5.32 Å². The zero-order chi connectivity index (χ0) is 15.2. The minimum absolute atomic E-state index is 0.218. The molecule has 0 aliphatic carbocycles. The molecule has 2 rings (SSSR count). The van der Waals surface area contributed by atoms with Crippen LogP contribution in [0.15, 0.2) is 18.2 Å². The van der Waals surface area contributed by atoms with Gasteiger partial charge in [-0.05, 0) is 66.2 Å². The zero-order valence-electron chi connectivity index (χ0n) is 12.2. The summed E-state index contributed by atoms with van der Waals surface area (Å²) in [6.45, 7) is 6.46. The Morgan fingerprint density at radius 1 is 1.33 bits per heavy atom. The van der Waals surface area contributed by atoms with Crippen LogP contribution in [-0.4, -0.2) is 23.3 Å². The first-order valence-electron chi connectivity index (χ1n) is 7.05. The molecule has 21 heavy (non-hydrogen) atoms. The summed E-state index contributed by atoms with van der Waals surface area (Å²) in [4.78, 5) is 0. The van der Waals surface area contributed by atoms with Gasteiger partial charge in [0.15, 0.2) is 0 Å². The number of aromatic nitrogens is 2. The number of nitrogens with one attached hydrogen (secondary N) is 1. The molecule has 0 spiro atoms. The average Bonchev–Trinajstić information content (AvgIpc) is 2.86. The van der Waals surface area contributed by atoms with Crippen molar-refractivity contribution in [2.24, 2.45) is 5.92 Å². The first-order chi connectivity index (χ1) is 10.1. The summed E-state index contributed by atoms with van der Waals surface area (Å²) in [6.07, 6.45) is 1.99. The highest BCUT2D eigenvalue weighted by Gasteiger charge is 2.10. The second kappa shape index (κ2) is 8.14. The van der Waals surface area contributed by atoms with Crippen LogP contribution >= 0.6 is 33.9 Å². The molecule has 114 valence electrons. The lowest BCUT2D eigenvalue weighted by atomic mass is 10.2. The van der Waals surface area contributed by atoms with Crippen molar-refractivity contribution in [2.45, 2.75) is 26.7 Å². The van der Waals surface area contributed by atoms with Crippen molar-refractivity contribution in [2.75, 3.05) is 13.1 Å². The highest BCUT2D eigenvalue weighted by Crippen LogP contribution is 2.28. The monoisotopic (exact) mass is 419 g/mol. The van der Waals surface area contributed by atoms with E-state index in [2.05, 4.69) is 52.0 Å². The molecular formula is C15H19FIN3S. The molecule has 6 heteroatoms. The van der Waals surface area contributed by atoms with Crippen LogP contribution in [0.1, 0.15) is 25.3 Å². The lowest BCUT2D eigenvalue weighted by molar-refractivity contribution is 0.542. The van der Waals surface area contributed by atoms with Gasteiger partial charge in [0, 0.05) is 15.6 Å². The number of nitrogens with zero attached hydrogens (tertiary/aromatic N) is 2. The number of rotatable bonds is 7. The smallest absolute Gasteiger partial charge is 0.148 e. The maximum atomic E-state index is 13.1. The molecule has 0 atom stereocenters. The minimum atomic E-state index is -0.218. The van der Waals surface area contributed by atoms with Gasteiger partial charge in [0.05, 0.1) is 0 Å². The molecule has 1 aromatic heterocycles. The summed E-state index contributed by atoms with van der Waals surface area (Å²) in [5.74, 6) is 0.461. The van der Waals surface area contributed by atoms with E-state index in [9.17, 15) is 4.39 Å². The molecule has 1 aromatic carbocycles. The first kappa shape index (κ1) is 16.8. The van der Waals surface area contributed by atoms with Gasteiger partial charge in [-0.3, -0.25) is 0 Å². The standard InChI is InChI=1S/C15H19FIN3S/c1-10(2)9-18-7-3-4-14-19-20-15(21-14)12-6-5-11(16)8-13(12)17/h5-6,8,10,18H,3-4,7,9H2,1-2H3. The molecule has 1 N–H and O–H groups in total. The fourth-order valence-electron chi connectivity index (χ4n) is 1.88. The van der Waals surface area contributed by atoms with Crippen LogP contribution in [-0.2, 0) is 6.42 Å². The molecule has 2 aromatic rings. The van der Waals surface area contributed by atoms with Gasteiger partial charge >= 0.3 is 0 Å². The predicted octanol–water partition coefficient (Wildman–Crippen LogP) is 4.13. The molecule has 0 amide bonds. The third-order valence-corrected chi connectivity index (χ3v) is 4.83. The van der Waals surface area contributed by atoms with Crippen LogP contribution in [0.3, 0.4) is 0 Å². The lowest BCUT2D eigenvalue weighted by Gasteiger charge is -2.05. The Morgan fingerprint density at radius 2 is 2.14 bits per heavy atom. The van der Waals surface area contributed by atoms with E-state index in [4.69, 9.17) is 0 Å². The van der Waals surface area contributed by atoms with E-state index in [0.29, 0.717) is 5.92 Å². The molecular weight excluding hydrogens is 400 g/mol. The number of hydrogen-bond acceptors (Lipinski definition) is 4. The van der Waals surface area contributed by atoms with Crippen molar-refractivity contribution >= 4 is 33.9 Å². The van der Waals surface area contributed by atoms with Gasteiger partial charge in [0.2, 0.25) is 0 Å². The Labute approximate surface area is 142 Å². The van der Waals surface area contributed by atoms with Gasteiger partial charge in [-0.25, -0.2) is 4.39 Å². The van der Waals surface area contributed by atoms with E-state index in [0.717, 1.165) is 45.1 Å². The summed E-state index contributed by atoms with van der Waals surface area (Å²) in [7, 11) is 0. The second-order valence-electron chi connectivity index (χ2n) is 5.33. The third-order valence-electron chi connectivity index (χ3n) is 2.93. The third kappa shape index (κ3) is 5.27. The Balaban J connectivity index is 1.89. The maximum Gasteiger partial charge on any atom is 0.148 e. The van der Waals surface area contributed by atoms with Crippen LogP contribution < -0.4 is 5.32 Å². The van der Waals surface area contributed by atoms with E-state index < -0.39 is 0 Å². The van der Waals surface area contributed by atoms with Crippen molar-refractivity contribution in [3.63, 3.8) is 0 Å². The minimum Gasteiger partial charge on any atom is -0.316 e. The molecule has 0 bridgehead atoms. The normalized spacial score (nSPS) is 11.3. The van der Waals surface area contributed by atoms with Gasteiger partial charge in [-0.1, -0.05) is 25.2 Å². The van der Waals surface area contributed by atoms with Crippen molar-refractivity contribution < 1.29 is 4.39 Å². The van der Waals surface area contributed by atoms with E-state index in [1.54, 1.807) is 17.4 Å². The molecule has 0 saturated carbocycles. The zero-order valence-corrected chi connectivity index (χ0v) is 15.2. The second-order valence-corrected chi connectivity index (χ2v) is 7.55. The van der Waals surface area contributed by atoms with Gasteiger partial charge in [0.25, 0.3) is 0 Å². The SMILES string of the molecule is CC(C)CNCCCc1nnc(-c2ccc(F)cc2I)s1. The Bertz CT molecular complexity index is 586. The summed E-state index contributed by atoms with van der Waals surface area (Å²) < 4.78 is 14.0. The van der Waals surface area contributed by atoms with E-state index in [1.165, 1.54) is 12.1 Å². The summed E-state index contributed by atoms with van der Waals surface area (Å²) in [6, 6.07) is 4.76. The summed E-state index contributed by atoms with van der Waals surface area (Å²) in [5.41, 5.74) is 0.957. The van der Waals surface area contributed by atoms with Crippen molar-refractivity contribution in [3.8, 4) is 10.6 Å².